The molecule has 0 aliphatic carbocycles. The summed E-state index contributed by atoms with van der Waals surface area (Å²) in [5.74, 6) is 0. The average Bonchev–Trinajstić information content (AvgIpc) is 2.66. The third kappa shape index (κ3) is 4.43. The topological polar surface area (TPSA) is 30.2 Å². The van der Waals surface area contributed by atoms with E-state index in [9.17, 15) is 18.0 Å². The number of thioether (sulfide) groups is 1. The van der Waals surface area contributed by atoms with Gasteiger partial charge in [-0.3, -0.25) is 0 Å². The van der Waals surface area contributed by atoms with E-state index in [-0.39, 0.29) is 11.1 Å². The molecule has 0 bridgehead atoms. The number of hydrogen-bond acceptors (Lipinski definition) is 3. The van der Waals surface area contributed by atoms with Crippen LogP contribution in [0.25, 0.3) is 22.1 Å². The molecule has 1 aromatic heterocycles. The molecule has 6 heteroatoms. The second kappa shape index (κ2) is 8.43. The Morgan fingerprint density at radius 2 is 1.79 bits per heavy atom. The molecule has 2 nitrogen and oxygen atoms in total. The molecule has 2 aromatic carbocycles. The third-order valence-electron chi connectivity index (χ3n) is 4.69. The summed E-state index contributed by atoms with van der Waals surface area (Å²) in [4.78, 5) is 13.4. The van der Waals surface area contributed by atoms with Gasteiger partial charge >= 0.3 is 11.8 Å². The van der Waals surface area contributed by atoms with E-state index in [1.807, 2.05) is 19.2 Å². The highest BCUT2D eigenvalue weighted by Gasteiger charge is 2.34. The van der Waals surface area contributed by atoms with Gasteiger partial charge in [-0.05, 0) is 48.9 Å². The van der Waals surface area contributed by atoms with E-state index in [1.165, 1.54) is 23.9 Å². The fourth-order valence-corrected chi connectivity index (χ4v) is 3.63. The van der Waals surface area contributed by atoms with Crippen molar-refractivity contribution in [1.82, 2.24) is 0 Å². The van der Waals surface area contributed by atoms with Gasteiger partial charge in [0.25, 0.3) is 0 Å². The Morgan fingerprint density at radius 3 is 2.46 bits per heavy atom. The molecule has 0 saturated heterocycles. The molecular formula is C22H21F3O2S. The van der Waals surface area contributed by atoms with Crippen molar-refractivity contribution in [2.45, 2.75) is 43.7 Å². The summed E-state index contributed by atoms with van der Waals surface area (Å²) in [6, 6.07) is 11.0. The Balaban J connectivity index is 2.11. The van der Waals surface area contributed by atoms with Crippen LogP contribution in [0.3, 0.4) is 0 Å². The molecule has 28 heavy (non-hydrogen) atoms. The molecule has 0 fully saturated rings. The summed E-state index contributed by atoms with van der Waals surface area (Å²) in [5.41, 5.74) is -0.790. The van der Waals surface area contributed by atoms with Crippen LogP contribution in [0.2, 0.25) is 0 Å². The molecule has 0 N–H and O–H groups in total. The normalized spacial score (nSPS) is 11.9. The molecule has 0 aliphatic heterocycles. The van der Waals surface area contributed by atoms with Crippen LogP contribution in [0.4, 0.5) is 13.2 Å². The third-order valence-corrected chi connectivity index (χ3v) is 5.42. The largest absolute Gasteiger partial charge is 0.422 e. The molecule has 3 rings (SSSR count). The first-order valence-corrected chi connectivity index (χ1v) is 10.4. The van der Waals surface area contributed by atoms with Gasteiger partial charge in [0, 0.05) is 15.8 Å². The SMILES string of the molecule is CCCCCc1ccc(-c2cc3ccc(SC)cc3oc2=O)c(C(F)(F)F)c1. The standard InChI is InChI=1S/C22H21F3O2S/c1-3-4-5-6-14-7-10-17(19(11-14)22(23,24)25)18-12-15-8-9-16(28-2)13-20(15)27-21(18)26/h7-13H,3-6H2,1-2H3. The van der Waals surface area contributed by atoms with E-state index in [0.29, 0.717) is 23.0 Å². The number of alkyl halides is 3. The number of benzene rings is 2. The predicted molar refractivity (Wildman–Crippen MR) is 108 cm³/mol. The molecule has 0 radical (unpaired) electrons. The summed E-state index contributed by atoms with van der Waals surface area (Å²) in [6.07, 6.45) is 0.728. The van der Waals surface area contributed by atoms with Crippen LogP contribution in [0, 0.1) is 0 Å². The van der Waals surface area contributed by atoms with Crippen molar-refractivity contribution in [3.05, 3.63) is 64.0 Å². The Hall–Kier alpha value is -2.21. The van der Waals surface area contributed by atoms with Gasteiger partial charge in [-0.15, -0.1) is 11.8 Å². The van der Waals surface area contributed by atoms with Crippen molar-refractivity contribution in [3.63, 3.8) is 0 Å². The number of unbranched alkanes of at least 4 members (excludes halogenated alkanes) is 2. The van der Waals surface area contributed by atoms with E-state index in [4.69, 9.17) is 4.42 Å². The summed E-state index contributed by atoms with van der Waals surface area (Å²) in [7, 11) is 0. The second-order valence-electron chi connectivity index (χ2n) is 6.69. The average molecular weight is 406 g/mol. The first-order valence-electron chi connectivity index (χ1n) is 9.16. The summed E-state index contributed by atoms with van der Waals surface area (Å²) in [5, 5.41) is 0.590. The summed E-state index contributed by atoms with van der Waals surface area (Å²) >= 11 is 1.49. The number of halogens is 3. The van der Waals surface area contributed by atoms with Crippen molar-refractivity contribution in [2.24, 2.45) is 0 Å². The Morgan fingerprint density at radius 1 is 1.00 bits per heavy atom. The van der Waals surface area contributed by atoms with Gasteiger partial charge < -0.3 is 4.42 Å². The van der Waals surface area contributed by atoms with Crippen LogP contribution in [-0.2, 0) is 12.6 Å². The van der Waals surface area contributed by atoms with Crippen molar-refractivity contribution in [3.8, 4) is 11.1 Å². The van der Waals surface area contributed by atoms with Gasteiger partial charge in [-0.25, -0.2) is 4.79 Å². The van der Waals surface area contributed by atoms with Gasteiger partial charge in [0.15, 0.2) is 0 Å². The molecule has 0 atom stereocenters. The first kappa shape index (κ1) is 20.5. The Labute approximate surface area is 165 Å². The van der Waals surface area contributed by atoms with E-state index in [0.717, 1.165) is 30.2 Å². The van der Waals surface area contributed by atoms with Gasteiger partial charge in [-0.2, -0.15) is 13.2 Å². The van der Waals surface area contributed by atoms with Gasteiger partial charge in [0.1, 0.15) is 5.58 Å². The summed E-state index contributed by atoms with van der Waals surface area (Å²) < 4.78 is 46.5. The molecule has 148 valence electrons. The van der Waals surface area contributed by atoms with Crippen molar-refractivity contribution in [2.75, 3.05) is 6.26 Å². The highest BCUT2D eigenvalue weighted by Crippen LogP contribution is 2.38. The maximum absolute atomic E-state index is 13.7. The van der Waals surface area contributed by atoms with Gasteiger partial charge in [-0.1, -0.05) is 38.0 Å². The number of hydrogen-bond donors (Lipinski definition) is 0. The fraction of sp³-hybridized carbons (Fsp3) is 0.318. The lowest BCUT2D eigenvalue weighted by Gasteiger charge is -2.15. The van der Waals surface area contributed by atoms with E-state index in [2.05, 4.69) is 0 Å². The van der Waals surface area contributed by atoms with Crippen LogP contribution < -0.4 is 5.63 Å². The van der Waals surface area contributed by atoms with E-state index < -0.39 is 17.4 Å². The van der Waals surface area contributed by atoms with Crippen LogP contribution in [0.5, 0.6) is 0 Å². The zero-order valence-corrected chi connectivity index (χ0v) is 16.5. The molecule has 0 amide bonds. The molecule has 0 saturated carbocycles. The second-order valence-corrected chi connectivity index (χ2v) is 7.57. The van der Waals surface area contributed by atoms with Gasteiger partial charge in [0.2, 0.25) is 0 Å². The quantitative estimate of drug-likeness (QED) is 0.252. The number of rotatable bonds is 6. The van der Waals surface area contributed by atoms with Gasteiger partial charge in [0.05, 0.1) is 11.1 Å². The van der Waals surface area contributed by atoms with Crippen molar-refractivity contribution >= 4 is 22.7 Å². The minimum Gasteiger partial charge on any atom is -0.422 e. The lowest BCUT2D eigenvalue weighted by atomic mass is 9.95. The van der Waals surface area contributed by atoms with Crippen LogP contribution >= 0.6 is 11.8 Å². The molecule has 0 unspecified atom stereocenters. The fourth-order valence-electron chi connectivity index (χ4n) is 3.20. The first-order chi connectivity index (χ1) is 13.3. The van der Waals surface area contributed by atoms with Crippen LogP contribution in [-0.4, -0.2) is 6.26 Å². The minimum atomic E-state index is -4.56. The molecule has 3 aromatic rings. The van der Waals surface area contributed by atoms with Crippen LogP contribution in [0.1, 0.15) is 37.3 Å². The lowest BCUT2D eigenvalue weighted by Crippen LogP contribution is -2.12. The highest BCUT2D eigenvalue weighted by molar-refractivity contribution is 7.98. The maximum Gasteiger partial charge on any atom is 0.417 e. The number of aryl methyl sites for hydroxylation is 1. The molecule has 0 spiro atoms. The van der Waals surface area contributed by atoms with E-state index >= 15 is 0 Å². The van der Waals surface area contributed by atoms with Crippen molar-refractivity contribution < 1.29 is 17.6 Å². The smallest absolute Gasteiger partial charge is 0.417 e. The molecule has 0 aliphatic rings. The Bertz CT molecular complexity index is 1040. The molecular weight excluding hydrogens is 385 g/mol. The lowest BCUT2D eigenvalue weighted by molar-refractivity contribution is -0.137. The number of fused-ring (bicyclic) bond motifs is 1. The van der Waals surface area contributed by atoms with E-state index in [1.54, 1.807) is 18.2 Å². The summed E-state index contributed by atoms with van der Waals surface area (Å²) in [6.45, 7) is 2.05. The predicted octanol–water partition coefficient (Wildman–Crippen LogP) is 6.93. The monoisotopic (exact) mass is 406 g/mol. The zero-order valence-electron chi connectivity index (χ0n) is 15.7. The molecule has 1 heterocycles. The van der Waals surface area contributed by atoms with Crippen molar-refractivity contribution in [1.29, 1.82) is 0 Å². The van der Waals surface area contributed by atoms with Crippen LogP contribution in [0.15, 0.2) is 56.6 Å². The zero-order chi connectivity index (χ0) is 20.3. The minimum absolute atomic E-state index is 0.0724. The maximum atomic E-state index is 13.7. The highest BCUT2D eigenvalue weighted by atomic mass is 32.2. The Kier molecular flexibility index (Phi) is 6.18.